The minimum absolute atomic E-state index is 0.00567. The Balaban J connectivity index is 3.24. The van der Waals surface area contributed by atoms with Crippen LogP contribution in [0.2, 0.25) is 0 Å². The molecule has 0 spiro atoms. The number of nitrogens with zero attached hydrogens (tertiary/aromatic N) is 1. The largest absolute Gasteiger partial charge is 0.460 e. The number of Topliss-reactive ketones (excluding diaryl/α,β-unsaturated/α-hetero) is 1. The maximum Gasteiger partial charge on any atom is 0.379 e. The van der Waals surface area contributed by atoms with Crippen LogP contribution in [0.4, 0.5) is 5.69 Å². The van der Waals surface area contributed by atoms with E-state index in [4.69, 9.17) is 0 Å². The zero-order chi connectivity index (χ0) is 14.6. The van der Waals surface area contributed by atoms with Crippen molar-refractivity contribution in [1.29, 1.82) is 0 Å². The number of carbonyl (C=O) groups excluding carboxylic acids is 2. The molecule has 1 aromatic rings. The van der Waals surface area contributed by atoms with E-state index in [0.29, 0.717) is 0 Å². The lowest BCUT2D eigenvalue weighted by Gasteiger charge is -2.19. The SMILES string of the molecule is CCOC(=O)C(=O)c1ccccc1N(C)S(C)(=O)=O. The fraction of sp³-hybridized carbons (Fsp3) is 0.333. The van der Waals surface area contributed by atoms with Crippen molar-refractivity contribution in [1.82, 2.24) is 0 Å². The molecular formula is C12H15NO5S. The highest BCUT2D eigenvalue weighted by Gasteiger charge is 2.24. The number of benzene rings is 1. The van der Waals surface area contributed by atoms with Gasteiger partial charge in [-0.05, 0) is 19.1 Å². The maximum atomic E-state index is 11.9. The van der Waals surface area contributed by atoms with E-state index in [1.807, 2.05) is 0 Å². The third-order valence-electron chi connectivity index (χ3n) is 2.45. The highest BCUT2D eigenvalue weighted by atomic mass is 32.2. The van der Waals surface area contributed by atoms with Gasteiger partial charge in [-0.2, -0.15) is 0 Å². The Morgan fingerprint density at radius 1 is 1.26 bits per heavy atom. The minimum Gasteiger partial charge on any atom is -0.460 e. The molecule has 0 N–H and O–H groups in total. The van der Waals surface area contributed by atoms with Gasteiger partial charge in [-0.25, -0.2) is 13.2 Å². The zero-order valence-corrected chi connectivity index (χ0v) is 11.7. The van der Waals surface area contributed by atoms with Crippen LogP contribution in [0.3, 0.4) is 0 Å². The lowest BCUT2D eigenvalue weighted by Crippen LogP contribution is -2.28. The molecule has 0 aliphatic rings. The van der Waals surface area contributed by atoms with E-state index in [9.17, 15) is 18.0 Å². The van der Waals surface area contributed by atoms with E-state index in [2.05, 4.69) is 4.74 Å². The monoisotopic (exact) mass is 285 g/mol. The second-order valence-corrected chi connectivity index (χ2v) is 5.81. The first-order valence-electron chi connectivity index (χ1n) is 5.53. The topological polar surface area (TPSA) is 80.8 Å². The van der Waals surface area contributed by atoms with Crippen molar-refractivity contribution in [2.45, 2.75) is 6.92 Å². The molecule has 0 bridgehead atoms. The van der Waals surface area contributed by atoms with Crippen LogP contribution in [0.15, 0.2) is 24.3 Å². The third-order valence-corrected chi connectivity index (χ3v) is 3.64. The average molecular weight is 285 g/mol. The Labute approximate surface area is 112 Å². The molecule has 0 amide bonds. The normalized spacial score (nSPS) is 10.9. The molecule has 0 radical (unpaired) electrons. The van der Waals surface area contributed by atoms with Crippen molar-refractivity contribution in [2.24, 2.45) is 0 Å². The standard InChI is InChI=1S/C12H15NO5S/c1-4-18-12(15)11(14)9-7-5-6-8-10(9)13(2)19(3,16)17/h5-8H,4H2,1-3H3. The molecule has 0 heterocycles. The molecule has 0 unspecified atom stereocenters. The van der Waals surface area contributed by atoms with Crippen LogP contribution in [0.1, 0.15) is 17.3 Å². The van der Waals surface area contributed by atoms with Gasteiger partial charge in [0, 0.05) is 7.05 Å². The summed E-state index contributed by atoms with van der Waals surface area (Å²) in [6.07, 6.45) is 1.01. The third kappa shape index (κ3) is 3.54. The van der Waals surface area contributed by atoms with Crippen LogP contribution in [-0.4, -0.2) is 40.1 Å². The molecule has 0 aliphatic carbocycles. The van der Waals surface area contributed by atoms with Crippen LogP contribution in [0.5, 0.6) is 0 Å². The average Bonchev–Trinajstić information content (AvgIpc) is 2.36. The Morgan fingerprint density at radius 2 is 1.84 bits per heavy atom. The van der Waals surface area contributed by atoms with E-state index in [-0.39, 0.29) is 17.9 Å². The quantitative estimate of drug-likeness (QED) is 0.455. The number of hydrogen-bond acceptors (Lipinski definition) is 5. The summed E-state index contributed by atoms with van der Waals surface area (Å²) < 4.78 is 28.6. The fourth-order valence-electron chi connectivity index (χ4n) is 1.43. The van der Waals surface area contributed by atoms with Gasteiger partial charge in [-0.3, -0.25) is 9.10 Å². The Kier molecular flexibility index (Phi) is 4.66. The van der Waals surface area contributed by atoms with Gasteiger partial charge in [0.05, 0.1) is 24.1 Å². The van der Waals surface area contributed by atoms with Crippen LogP contribution in [-0.2, 0) is 19.6 Å². The summed E-state index contributed by atoms with van der Waals surface area (Å²) in [4.78, 5) is 23.3. The molecule has 6 nitrogen and oxygen atoms in total. The molecule has 19 heavy (non-hydrogen) atoms. The summed E-state index contributed by atoms with van der Waals surface area (Å²) in [5.74, 6) is -1.87. The highest BCUT2D eigenvalue weighted by Crippen LogP contribution is 2.22. The number of sulfonamides is 1. The zero-order valence-electron chi connectivity index (χ0n) is 10.9. The molecule has 0 fully saturated rings. The summed E-state index contributed by atoms with van der Waals surface area (Å²) in [6.45, 7) is 1.66. The van der Waals surface area contributed by atoms with Gasteiger partial charge in [0.2, 0.25) is 10.0 Å². The van der Waals surface area contributed by atoms with E-state index < -0.39 is 21.8 Å². The molecule has 7 heteroatoms. The van der Waals surface area contributed by atoms with E-state index in [1.54, 1.807) is 19.1 Å². The number of ether oxygens (including phenoxy) is 1. The number of ketones is 1. The molecule has 104 valence electrons. The molecule has 0 atom stereocenters. The summed E-state index contributed by atoms with van der Waals surface area (Å²) in [5.41, 5.74) is 0.136. The molecule has 0 aromatic heterocycles. The van der Waals surface area contributed by atoms with Gasteiger partial charge in [0.25, 0.3) is 5.78 Å². The molecule has 1 aromatic carbocycles. The van der Waals surface area contributed by atoms with Gasteiger partial charge in [0.15, 0.2) is 0 Å². The lowest BCUT2D eigenvalue weighted by molar-refractivity contribution is -0.137. The van der Waals surface area contributed by atoms with Crippen molar-refractivity contribution < 1.29 is 22.7 Å². The van der Waals surface area contributed by atoms with Crippen LogP contribution >= 0.6 is 0 Å². The lowest BCUT2D eigenvalue weighted by atomic mass is 10.1. The van der Waals surface area contributed by atoms with Crippen LogP contribution in [0, 0.1) is 0 Å². The highest BCUT2D eigenvalue weighted by molar-refractivity contribution is 7.92. The van der Waals surface area contributed by atoms with Crippen LogP contribution < -0.4 is 4.31 Å². The number of anilines is 1. The number of rotatable bonds is 5. The van der Waals surface area contributed by atoms with Crippen molar-refractivity contribution >= 4 is 27.5 Å². The molecule has 0 aliphatic heterocycles. The van der Waals surface area contributed by atoms with Gasteiger partial charge in [-0.1, -0.05) is 12.1 Å². The second kappa shape index (κ2) is 5.83. The van der Waals surface area contributed by atoms with Gasteiger partial charge < -0.3 is 4.74 Å². The summed E-state index contributed by atoms with van der Waals surface area (Å²) >= 11 is 0. The Morgan fingerprint density at radius 3 is 2.37 bits per heavy atom. The number of esters is 1. The Bertz CT molecular complexity index is 594. The predicted octanol–water partition coefficient (Wildman–Crippen LogP) is 0.828. The molecule has 1 rings (SSSR count). The first-order valence-corrected chi connectivity index (χ1v) is 7.38. The predicted molar refractivity (Wildman–Crippen MR) is 70.7 cm³/mol. The van der Waals surface area contributed by atoms with Crippen molar-refractivity contribution in [3.05, 3.63) is 29.8 Å². The maximum absolute atomic E-state index is 11.9. The Hall–Kier alpha value is -1.89. The summed E-state index contributed by atoms with van der Waals surface area (Å²) in [6, 6.07) is 5.97. The number of hydrogen-bond donors (Lipinski definition) is 0. The van der Waals surface area contributed by atoms with Gasteiger partial charge in [-0.15, -0.1) is 0 Å². The van der Waals surface area contributed by atoms with Crippen molar-refractivity contribution in [3.8, 4) is 0 Å². The summed E-state index contributed by atoms with van der Waals surface area (Å²) in [7, 11) is -2.21. The second-order valence-electron chi connectivity index (χ2n) is 3.80. The molecule has 0 saturated carbocycles. The van der Waals surface area contributed by atoms with Crippen molar-refractivity contribution in [3.63, 3.8) is 0 Å². The molecular weight excluding hydrogens is 270 g/mol. The van der Waals surface area contributed by atoms with Gasteiger partial charge >= 0.3 is 5.97 Å². The van der Waals surface area contributed by atoms with E-state index in [1.165, 1.54) is 19.2 Å². The van der Waals surface area contributed by atoms with E-state index >= 15 is 0 Å². The first kappa shape index (κ1) is 15.2. The fourth-order valence-corrected chi connectivity index (χ4v) is 1.94. The molecule has 0 saturated heterocycles. The number of carbonyl (C=O) groups is 2. The first-order chi connectivity index (χ1) is 8.79. The smallest absolute Gasteiger partial charge is 0.379 e. The van der Waals surface area contributed by atoms with Gasteiger partial charge in [0.1, 0.15) is 0 Å². The van der Waals surface area contributed by atoms with Crippen LogP contribution in [0.25, 0.3) is 0 Å². The minimum atomic E-state index is -3.52. The summed E-state index contributed by atoms with van der Waals surface area (Å²) in [5, 5.41) is 0. The van der Waals surface area contributed by atoms with Crippen molar-refractivity contribution in [2.75, 3.05) is 24.2 Å². The number of para-hydroxylation sites is 1. The van der Waals surface area contributed by atoms with E-state index in [0.717, 1.165) is 10.6 Å².